The maximum Gasteiger partial charge on any atom is 0.347 e. The lowest BCUT2D eigenvalue weighted by Crippen LogP contribution is -2.74. The van der Waals surface area contributed by atoms with E-state index in [1.54, 1.807) is 6.26 Å². The van der Waals surface area contributed by atoms with Gasteiger partial charge < -0.3 is 30.6 Å². The van der Waals surface area contributed by atoms with Crippen molar-refractivity contribution in [3.63, 3.8) is 0 Å². The lowest BCUT2D eigenvalue weighted by atomic mass is 9.95. The second kappa shape index (κ2) is 13.1. The number of esters is 1. The molecule has 3 unspecified atom stereocenters. The third-order valence-corrected chi connectivity index (χ3v) is 10.6. The molecule has 3 heterocycles. The van der Waals surface area contributed by atoms with E-state index < -0.39 is 41.3 Å². The fourth-order valence-corrected chi connectivity index (χ4v) is 7.80. The summed E-state index contributed by atoms with van der Waals surface area (Å²) in [5, 5.41) is 17.6. The smallest absolute Gasteiger partial charge is 0.347 e. The van der Waals surface area contributed by atoms with Gasteiger partial charge in [-0.05, 0) is 11.8 Å². The summed E-state index contributed by atoms with van der Waals surface area (Å²) in [5.74, 6) is -2.45. The Labute approximate surface area is 259 Å². The topological polar surface area (TPSA) is 174 Å². The van der Waals surface area contributed by atoms with E-state index in [0.29, 0.717) is 22.1 Å². The number of amides is 2. The number of thioether (sulfide) groups is 2. The number of aromatic nitrogens is 1. The van der Waals surface area contributed by atoms with Gasteiger partial charge in [0.15, 0.2) is 11.2 Å². The van der Waals surface area contributed by atoms with Gasteiger partial charge in [-0.2, -0.15) is 0 Å². The molecule has 224 valence electrons. The minimum absolute atomic E-state index is 0.0674. The molecule has 4 N–H and O–H groups in total. The number of carbonyl (C=O) groups excluding carboxylic acids is 3. The zero-order valence-electron chi connectivity index (χ0n) is 22.7. The summed E-state index contributed by atoms with van der Waals surface area (Å²) in [5.41, 5.74) is 8.69. The Morgan fingerprint density at radius 1 is 1.26 bits per heavy atom. The second-order valence-electron chi connectivity index (χ2n) is 9.60. The van der Waals surface area contributed by atoms with Gasteiger partial charge in [-0.15, -0.1) is 34.9 Å². The fraction of sp³-hybridized carbons (Fsp3) is 0.286. The van der Waals surface area contributed by atoms with Crippen LogP contribution in [-0.4, -0.2) is 86.3 Å². The van der Waals surface area contributed by atoms with Crippen molar-refractivity contribution in [2.45, 2.75) is 22.3 Å². The normalized spacial score (nSPS) is 21.9. The first-order chi connectivity index (χ1) is 20.7. The van der Waals surface area contributed by atoms with Gasteiger partial charge in [0.25, 0.3) is 5.91 Å². The summed E-state index contributed by atoms with van der Waals surface area (Å²) in [4.78, 5) is 60.3. The molecule has 5 rings (SSSR count). The van der Waals surface area contributed by atoms with Gasteiger partial charge in [-0.3, -0.25) is 14.4 Å². The van der Waals surface area contributed by atoms with Gasteiger partial charge in [0, 0.05) is 28.8 Å². The van der Waals surface area contributed by atoms with Crippen LogP contribution in [0.5, 0.6) is 0 Å². The van der Waals surface area contributed by atoms with Gasteiger partial charge >= 0.3 is 11.9 Å². The quantitative estimate of drug-likeness (QED) is 0.122. The van der Waals surface area contributed by atoms with E-state index in [-0.39, 0.29) is 17.8 Å². The lowest BCUT2D eigenvalue weighted by molar-refractivity contribution is -0.153. The molecule has 0 spiro atoms. The molecule has 43 heavy (non-hydrogen) atoms. The Hall–Kier alpha value is -4.08. The number of nitrogens with zero attached hydrogens (tertiary/aromatic N) is 3. The molecule has 4 atom stereocenters. The van der Waals surface area contributed by atoms with Crippen LogP contribution in [0.3, 0.4) is 0 Å². The van der Waals surface area contributed by atoms with Gasteiger partial charge in [-0.25, -0.2) is 9.78 Å². The van der Waals surface area contributed by atoms with Crippen molar-refractivity contribution < 1.29 is 33.9 Å². The summed E-state index contributed by atoms with van der Waals surface area (Å²) in [6.45, 7) is -0.503. The first-order valence-corrected chi connectivity index (χ1v) is 16.1. The Morgan fingerprint density at radius 2 is 2.00 bits per heavy atom. The number of ether oxygens (including phenoxy) is 1. The van der Waals surface area contributed by atoms with Crippen LogP contribution in [0.2, 0.25) is 0 Å². The molecule has 0 radical (unpaired) electrons. The van der Waals surface area contributed by atoms with Crippen molar-refractivity contribution in [1.29, 1.82) is 0 Å². The molecular formula is C28H27N5O7S3. The standard InChI is InChI=1S/C28H27N5O7S3/c1-41-28(26(37)38)14-33-24(36)22(25(33)43-15-28)32-20(34)11-30-39-12-21(35)40-23(16-7-3-2-4-8-16)18-10-6-5-9-17(18)19-13-42-27(29)31-19/h2-11,13,22-23,25H,12,14-15H2,1H3,(H2,29,31)(H,32,34)(H,37,38)/t22?,23?,25-,28?/m1/s1. The highest BCUT2D eigenvalue weighted by molar-refractivity contribution is 8.04. The zero-order valence-corrected chi connectivity index (χ0v) is 25.2. The number of carboxylic acids is 1. The summed E-state index contributed by atoms with van der Waals surface area (Å²) < 4.78 is 4.74. The third kappa shape index (κ3) is 6.48. The molecule has 2 aromatic carbocycles. The van der Waals surface area contributed by atoms with Crippen molar-refractivity contribution in [1.82, 2.24) is 15.2 Å². The van der Waals surface area contributed by atoms with Crippen LogP contribution in [0.25, 0.3) is 11.3 Å². The van der Waals surface area contributed by atoms with Crippen LogP contribution in [0.15, 0.2) is 65.1 Å². The molecule has 2 amide bonds. The zero-order chi connectivity index (χ0) is 30.6. The van der Waals surface area contributed by atoms with Crippen molar-refractivity contribution in [2.75, 3.05) is 30.9 Å². The second-order valence-corrected chi connectivity index (χ2v) is 12.8. The molecule has 2 saturated heterocycles. The predicted molar refractivity (Wildman–Crippen MR) is 165 cm³/mol. The number of nitrogens with one attached hydrogen (secondary N) is 1. The van der Waals surface area contributed by atoms with Gasteiger partial charge in [0.05, 0.1) is 5.69 Å². The maximum atomic E-state index is 12.8. The number of hydrogen-bond donors (Lipinski definition) is 3. The SMILES string of the molecule is CSC1(C(=O)O)CS[C@@H]2C(NC(=O)C=NOCC(=O)OC(c3ccccc3)c3ccccc3-c3csc(N)n3)C(=O)N2C1. The number of β-lactam (4-membered cyclic amide) rings is 1. The molecule has 3 aromatic rings. The molecule has 12 nitrogen and oxygen atoms in total. The van der Waals surface area contributed by atoms with Crippen LogP contribution in [-0.2, 0) is 28.8 Å². The molecule has 15 heteroatoms. The van der Waals surface area contributed by atoms with Crippen LogP contribution < -0.4 is 11.1 Å². The number of thiazole rings is 1. The Morgan fingerprint density at radius 3 is 2.70 bits per heavy atom. The fourth-order valence-electron chi connectivity index (χ4n) is 4.73. The average Bonchev–Trinajstić information content (AvgIpc) is 3.46. The lowest BCUT2D eigenvalue weighted by Gasteiger charge is -2.53. The molecule has 0 bridgehead atoms. The number of oxime groups is 1. The number of rotatable bonds is 11. The average molecular weight is 642 g/mol. The Bertz CT molecular complexity index is 1550. The van der Waals surface area contributed by atoms with Gasteiger partial charge in [0.1, 0.15) is 22.4 Å². The molecule has 2 aliphatic rings. The first kappa shape index (κ1) is 30.4. The van der Waals surface area contributed by atoms with Crippen molar-refractivity contribution in [3.05, 3.63) is 71.1 Å². The number of benzene rings is 2. The minimum atomic E-state index is -1.08. The van der Waals surface area contributed by atoms with E-state index in [4.69, 9.17) is 15.3 Å². The van der Waals surface area contributed by atoms with Crippen LogP contribution in [0.1, 0.15) is 17.2 Å². The van der Waals surface area contributed by atoms with Crippen molar-refractivity contribution >= 4 is 70.0 Å². The van der Waals surface area contributed by atoms with E-state index in [9.17, 15) is 24.3 Å². The van der Waals surface area contributed by atoms with E-state index in [1.165, 1.54) is 39.8 Å². The molecule has 0 saturated carbocycles. The molecule has 1 aromatic heterocycles. The monoisotopic (exact) mass is 641 g/mol. The largest absolute Gasteiger partial charge is 0.480 e. The third-order valence-electron chi connectivity index (χ3n) is 6.95. The number of hydrogen-bond acceptors (Lipinski definition) is 12. The van der Waals surface area contributed by atoms with Crippen LogP contribution in [0.4, 0.5) is 5.13 Å². The van der Waals surface area contributed by atoms with E-state index in [1.807, 2.05) is 60.0 Å². The maximum absolute atomic E-state index is 12.8. The molecule has 2 aliphatic heterocycles. The van der Waals surface area contributed by atoms with Crippen molar-refractivity contribution in [3.8, 4) is 11.3 Å². The van der Waals surface area contributed by atoms with Crippen molar-refractivity contribution in [2.24, 2.45) is 5.16 Å². The van der Waals surface area contributed by atoms with Crippen LogP contribution >= 0.6 is 34.9 Å². The number of nitrogens with two attached hydrogens (primary N) is 1. The Kier molecular flexibility index (Phi) is 9.22. The van der Waals surface area contributed by atoms with E-state index in [0.717, 1.165) is 17.3 Å². The van der Waals surface area contributed by atoms with E-state index >= 15 is 0 Å². The number of nitrogen functional groups attached to an aromatic ring is 1. The summed E-state index contributed by atoms with van der Waals surface area (Å²) in [6.07, 6.45) is 1.75. The summed E-state index contributed by atoms with van der Waals surface area (Å²) in [7, 11) is 0. The van der Waals surface area contributed by atoms with Crippen LogP contribution in [0, 0.1) is 0 Å². The summed E-state index contributed by atoms with van der Waals surface area (Å²) in [6, 6.07) is 15.8. The highest BCUT2D eigenvalue weighted by Crippen LogP contribution is 2.43. The number of carboxylic acid groups (broad SMARTS) is 1. The highest BCUT2D eigenvalue weighted by Gasteiger charge is 2.57. The number of aliphatic carboxylic acids is 1. The number of carbonyl (C=O) groups is 4. The predicted octanol–water partition coefficient (Wildman–Crippen LogP) is 2.61. The van der Waals surface area contributed by atoms with Gasteiger partial charge in [0.2, 0.25) is 12.5 Å². The highest BCUT2D eigenvalue weighted by atomic mass is 32.2. The molecule has 2 fully saturated rings. The number of fused-ring (bicyclic) bond motifs is 1. The van der Waals surface area contributed by atoms with Gasteiger partial charge in [-0.1, -0.05) is 59.8 Å². The first-order valence-electron chi connectivity index (χ1n) is 12.9. The Balaban J connectivity index is 1.17. The number of anilines is 1. The minimum Gasteiger partial charge on any atom is -0.480 e. The molecular weight excluding hydrogens is 615 g/mol. The van der Waals surface area contributed by atoms with E-state index in [2.05, 4.69) is 15.5 Å². The summed E-state index contributed by atoms with van der Waals surface area (Å²) >= 11 is 3.80. The molecule has 0 aliphatic carbocycles.